The van der Waals surface area contributed by atoms with Gasteiger partial charge in [-0.2, -0.15) is 0 Å². The minimum absolute atomic E-state index is 0.0116. The predicted molar refractivity (Wildman–Crippen MR) is 66.9 cm³/mol. The highest BCUT2D eigenvalue weighted by Gasteiger charge is 2.19. The van der Waals surface area contributed by atoms with Crippen molar-refractivity contribution < 1.29 is 0 Å². The van der Waals surface area contributed by atoms with Gasteiger partial charge in [0, 0.05) is 15.8 Å². The van der Waals surface area contributed by atoms with Gasteiger partial charge in [0.1, 0.15) is 0 Å². The van der Waals surface area contributed by atoms with Crippen LogP contribution in [0, 0.1) is 5.41 Å². The van der Waals surface area contributed by atoms with Crippen molar-refractivity contribution in [3.8, 4) is 0 Å². The van der Waals surface area contributed by atoms with Crippen LogP contribution in [0.5, 0.6) is 0 Å². The lowest BCUT2D eigenvalue weighted by Crippen LogP contribution is -2.18. The quantitative estimate of drug-likeness (QED) is 0.563. The van der Waals surface area contributed by atoms with Crippen molar-refractivity contribution in [2.75, 3.05) is 5.88 Å². The van der Waals surface area contributed by atoms with Crippen LogP contribution in [0.4, 0.5) is 0 Å². The first-order chi connectivity index (χ1) is 6.59. The van der Waals surface area contributed by atoms with E-state index in [-0.39, 0.29) is 5.41 Å². The van der Waals surface area contributed by atoms with E-state index in [1.807, 2.05) is 18.2 Å². The van der Waals surface area contributed by atoms with Crippen LogP contribution in [0.2, 0.25) is 0 Å². The molecule has 0 saturated carbocycles. The molecule has 0 heterocycles. The third-order valence-corrected chi connectivity index (χ3v) is 3.40. The zero-order valence-electron chi connectivity index (χ0n) is 8.26. The van der Waals surface area contributed by atoms with Crippen molar-refractivity contribution >= 4 is 27.5 Å². The van der Waals surface area contributed by atoms with Crippen molar-refractivity contribution in [1.29, 1.82) is 0 Å². The average molecular weight is 274 g/mol. The fourth-order valence-electron chi connectivity index (χ4n) is 1.29. The molecule has 1 aromatic rings. The lowest BCUT2D eigenvalue weighted by atomic mass is 9.86. The summed E-state index contributed by atoms with van der Waals surface area (Å²) in [7, 11) is 0. The van der Waals surface area contributed by atoms with Gasteiger partial charge in [-0.25, -0.2) is 0 Å². The van der Waals surface area contributed by atoms with Crippen molar-refractivity contribution in [2.24, 2.45) is 5.41 Å². The summed E-state index contributed by atoms with van der Waals surface area (Å²) < 4.78 is 1.11. The Morgan fingerprint density at radius 3 is 2.79 bits per heavy atom. The Labute approximate surface area is 99.1 Å². The van der Waals surface area contributed by atoms with Gasteiger partial charge in [-0.3, -0.25) is 0 Å². The van der Waals surface area contributed by atoms with E-state index < -0.39 is 0 Å². The first-order valence-electron chi connectivity index (χ1n) is 4.54. The summed E-state index contributed by atoms with van der Waals surface area (Å²) in [6, 6.07) is 8.29. The Morgan fingerprint density at radius 1 is 1.57 bits per heavy atom. The Bertz CT molecular complexity index is 322. The van der Waals surface area contributed by atoms with Crippen LogP contribution in [0.1, 0.15) is 12.5 Å². The molecule has 14 heavy (non-hydrogen) atoms. The van der Waals surface area contributed by atoms with Crippen LogP contribution < -0.4 is 0 Å². The lowest BCUT2D eigenvalue weighted by molar-refractivity contribution is 0.486. The minimum Gasteiger partial charge on any atom is -0.126 e. The third kappa shape index (κ3) is 3.14. The van der Waals surface area contributed by atoms with Crippen LogP contribution in [-0.2, 0) is 6.42 Å². The normalized spacial score (nSPS) is 14.8. The molecule has 1 atom stereocenters. The van der Waals surface area contributed by atoms with Gasteiger partial charge >= 0.3 is 0 Å². The summed E-state index contributed by atoms with van der Waals surface area (Å²) in [5.74, 6) is 0.600. The summed E-state index contributed by atoms with van der Waals surface area (Å²) >= 11 is 9.37. The molecule has 0 aliphatic heterocycles. The number of alkyl halides is 1. The van der Waals surface area contributed by atoms with Gasteiger partial charge in [-0.15, -0.1) is 18.2 Å². The summed E-state index contributed by atoms with van der Waals surface area (Å²) in [4.78, 5) is 0. The molecule has 0 N–H and O–H groups in total. The monoisotopic (exact) mass is 272 g/mol. The van der Waals surface area contributed by atoms with E-state index in [4.69, 9.17) is 11.6 Å². The molecule has 0 amide bonds. The second-order valence-electron chi connectivity index (χ2n) is 3.80. The van der Waals surface area contributed by atoms with E-state index in [0.29, 0.717) is 5.88 Å². The molecule has 0 nitrogen and oxygen atoms in total. The summed E-state index contributed by atoms with van der Waals surface area (Å²) in [6.07, 6.45) is 2.86. The van der Waals surface area contributed by atoms with Crippen LogP contribution in [0.25, 0.3) is 0 Å². The van der Waals surface area contributed by atoms with E-state index in [1.54, 1.807) is 0 Å². The van der Waals surface area contributed by atoms with Crippen LogP contribution in [-0.4, -0.2) is 5.88 Å². The molecule has 0 aromatic heterocycles. The van der Waals surface area contributed by atoms with Gasteiger partial charge in [0.25, 0.3) is 0 Å². The Morgan fingerprint density at radius 2 is 2.29 bits per heavy atom. The number of hydrogen-bond donors (Lipinski definition) is 0. The van der Waals surface area contributed by atoms with Crippen molar-refractivity contribution in [1.82, 2.24) is 0 Å². The molecule has 0 radical (unpaired) electrons. The van der Waals surface area contributed by atoms with Gasteiger partial charge in [-0.05, 0) is 24.1 Å². The van der Waals surface area contributed by atoms with Crippen molar-refractivity contribution in [2.45, 2.75) is 13.3 Å². The van der Waals surface area contributed by atoms with Gasteiger partial charge in [0.05, 0.1) is 0 Å². The Hall–Kier alpha value is -0.270. The fraction of sp³-hybridized carbons (Fsp3) is 0.333. The summed E-state index contributed by atoms with van der Waals surface area (Å²) in [6.45, 7) is 5.94. The van der Waals surface area contributed by atoms with Crippen molar-refractivity contribution in [3.63, 3.8) is 0 Å². The van der Waals surface area contributed by atoms with E-state index in [0.717, 1.165) is 10.9 Å². The molecule has 1 aromatic carbocycles. The highest BCUT2D eigenvalue weighted by molar-refractivity contribution is 9.10. The van der Waals surface area contributed by atoms with Gasteiger partial charge in [0.2, 0.25) is 0 Å². The molecule has 76 valence electrons. The van der Waals surface area contributed by atoms with Gasteiger partial charge in [-0.1, -0.05) is 41.1 Å². The largest absolute Gasteiger partial charge is 0.126 e. The van der Waals surface area contributed by atoms with E-state index in [9.17, 15) is 0 Å². The second kappa shape index (κ2) is 4.99. The maximum atomic E-state index is 5.92. The molecule has 0 bridgehead atoms. The Kier molecular flexibility index (Phi) is 4.21. The second-order valence-corrected chi connectivity index (χ2v) is 4.98. The molecule has 1 unspecified atom stereocenters. The number of rotatable bonds is 4. The standard InChI is InChI=1S/C12H14BrCl/c1-3-12(2,9-14)8-10-5-4-6-11(13)7-10/h3-7H,1,8-9H2,2H3. The molecular formula is C12H14BrCl. The minimum atomic E-state index is -0.0116. The van der Waals surface area contributed by atoms with E-state index >= 15 is 0 Å². The molecule has 0 saturated heterocycles. The number of benzene rings is 1. The summed E-state index contributed by atoms with van der Waals surface area (Å²) in [5, 5.41) is 0. The first kappa shape index (κ1) is 11.8. The summed E-state index contributed by atoms with van der Waals surface area (Å²) in [5.41, 5.74) is 1.27. The predicted octanol–water partition coefficient (Wildman–Crippen LogP) is 4.42. The number of hydrogen-bond acceptors (Lipinski definition) is 0. The average Bonchev–Trinajstić information content (AvgIpc) is 2.18. The maximum absolute atomic E-state index is 5.92. The molecule has 1 rings (SSSR count). The molecule has 2 heteroatoms. The highest BCUT2D eigenvalue weighted by Crippen LogP contribution is 2.26. The van der Waals surface area contributed by atoms with E-state index in [2.05, 4.69) is 41.6 Å². The first-order valence-corrected chi connectivity index (χ1v) is 5.86. The topological polar surface area (TPSA) is 0 Å². The Balaban J connectivity index is 2.82. The van der Waals surface area contributed by atoms with E-state index in [1.165, 1.54) is 5.56 Å². The molecule has 0 aliphatic rings. The highest BCUT2D eigenvalue weighted by atomic mass is 79.9. The lowest BCUT2D eigenvalue weighted by Gasteiger charge is -2.22. The zero-order valence-corrected chi connectivity index (χ0v) is 10.6. The molecule has 0 fully saturated rings. The SMILES string of the molecule is C=CC(C)(CCl)Cc1cccc(Br)c1. The van der Waals surface area contributed by atoms with Gasteiger partial charge < -0.3 is 0 Å². The molecule has 0 aliphatic carbocycles. The van der Waals surface area contributed by atoms with Crippen LogP contribution in [0.3, 0.4) is 0 Å². The number of halogens is 2. The van der Waals surface area contributed by atoms with Gasteiger partial charge in [0.15, 0.2) is 0 Å². The third-order valence-electron chi connectivity index (χ3n) is 2.30. The zero-order chi connectivity index (χ0) is 10.6. The fourth-order valence-corrected chi connectivity index (χ4v) is 1.94. The van der Waals surface area contributed by atoms with Crippen LogP contribution >= 0.6 is 27.5 Å². The van der Waals surface area contributed by atoms with Crippen LogP contribution in [0.15, 0.2) is 41.4 Å². The van der Waals surface area contributed by atoms with Crippen molar-refractivity contribution in [3.05, 3.63) is 47.0 Å². The molecular weight excluding hydrogens is 259 g/mol. The smallest absolute Gasteiger partial charge is 0.0315 e. The number of allylic oxidation sites excluding steroid dienone is 1. The molecule has 0 spiro atoms. The maximum Gasteiger partial charge on any atom is 0.0315 e.